The number of thioether (sulfide) groups is 1. The van der Waals surface area contributed by atoms with Gasteiger partial charge in [-0.05, 0) is 19.1 Å². The van der Waals surface area contributed by atoms with Crippen molar-refractivity contribution in [1.82, 2.24) is 0 Å². The molecule has 0 aliphatic rings. The molecule has 96 valence electrons. The van der Waals surface area contributed by atoms with Gasteiger partial charge < -0.3 is 9.52 Å². The fourth-order valence-corrected chi connectivity index (χ4v) is 2.95. The normalized spacial score (nSPS) is 12.9. The summed E-state index contributed by atoms with van der Waals surface area (Å²) < 4.78 is 5.85. The molecule has 1 atom stereocenters. The summed E-state index contributed by atoms with van der Waals surface area (Å²) in [4.78, 5) is 11.8. The van der Waals surface area contributed by atoms with E-state index in [2.05, 4.69) is 0 Å². The molecule has 0 aliphatic carbocycles. The van der Waals surface area contributed by atoms with E-state index < -0.39 is 11.2 Å². The molecule has 3 nitrogen and oxygen atoms in total. The van der Waals surface area contributed by atoms with Gasteiger partial charge in [0.15, 0.2) is 0 Å². The van der Waals surface area contributed by atoms with Crippen molar-refractivity contribution in [3.8, 4) is 0 Å². The first-order chi connectivity index (χ1) is 9.16. The Bertz CT molecular complexity index is 760. The van der Waals surface area contributed by atoms with Crippen LogP contribution in [0.5, 0.6) is 0 Å². The molecule has 0 saturated carbocycles. The number of rotatable bonds is 3. The first kappa shape index (κ1) is 12.1. The topological polar surface area (TPSA) is 50.4 Å². The van der Waals surface area contributed by atoms with Crippen LogP contribution in [0.25, 0.3) is 21.9 Å². The van der Waals surface area contributed by atoms with Gasteiger partial charge in [0.05, 0.1) is 4.90 Å². The maximum atomic E-state index is 11.0. The highest BCUT2D eigenvalue weighted by atomic mass is 32.2. The van der Waals surface area contributed by atoms with Crippen LogP contribution in [0.3, 0.4) is 0 Å². The van der Waals surface area contributed by atoms with Crippen molar-refractivity contribution in [2.75, 3.05) is 0 Å². The van der Waals surface area contributed by atoms with Gasteiger partial charge in [0.2, 0.25) is 0 Å². The predicted molar refractivity (Wildman–Crippen MR) is 76.7 cm³/mol. The summed E-state index contributed by atoms with van der Waals surface area (Å²) in [6.45, 7) is 1.68. The maximum absolute atomic E-state index is 11.0. The number of aliphatic carboxylic acids is 1. The highest BCUT2D eigenvalue weighted by molar-refractivity contribution is 8.00. The van der Waals surface area contributed by atoms with E-state index >= 15 is 0 Å². The highest BCUT2D eigenvalue weighted by Crippen LogP contribution is 2.36. The number of carboxylic acids is 1. The van der Waals surface area contributed by atoms with Crippen LogP contribution in [0, 0.1) is 0 Å². The van der Waals surface area contributed by atoms with Gasteiger partial charge in [0.25, 0.3) is 0 Å². The molecule has 1 aromatic heterocycles. The highest BCUT2D eigenvalue weighted by Gasteiger charge is 2.16. The van der Waals surface area contributed by atoms with Crippen LogP contribution < -0.4 is 0 Å². The van der Waals surface area contributed by atoms with Crippen molar-refractivity contribution >= 4 is 39.7 Å². The minimum Gasteiger partial charge on any atom is -0.480 e. The number of carboxylic acid groups (broad SMARTS) is 1. The van der Waals surface area contributed by atoms with Crippen LogP contribution in [0.4, 0.5) is 0 Å². The summed E-state index contributed by atoms with van der Waals surface area (Å²) in [7, 11) is 0. The zero-order valence-corrected chi connectivity index (χ0v) is 11.1. The number of carbonyl (C=O) groups is 1. The van der Waals surface area contributed by atoms with Gasteiger partial charge in [-0.2, -0.15) is 0 Å². The predicted octanol–water partition coefficient (Wildman–Crippen LogP) is 4.15. The summed E-state index contributed by atoms with van der Waals surface area (Å²) in [5.41, 5.74) is 1.59. The van der Waals surface area contributed by atoms with E-state index in [9.17, 15) is 4.79 Å². The fraction of sp³-hybridized carbons (Fsp3) is 0.133. The minimum absolute atomic E-state index is 0.501. The molecule has 0 spiro atoms. The van der Waals surface area contributed by atoms with Crippen LogP contribution >= 0.6 is 11.8 Å². The summed E-state index contributed by atoms with van der Waals surface area (Å²) in [5, 5.41) is 10.6. The van der Waals surface area contributed by atoms with Crippen molar-refractivity contribution in [2.24, 2.45) is 0 Å². The van der Waals surface area contributed by atoms with Gasteiger partial charge in [-0.25, -0.2) is 0 Å². The summed E-state index contributed by atoms with van der Waals surface area (Å²) in [5.74, 6) is -0.821. The Morgan fingerprint density at radius 1 is 1.16 bits per heavy atom. The van der Waals surface area contributed by atoms with Crippen molar-refractivity contribution in [1.29, 1.82) is 0 Å². The average molecular weight is 272 g/mol. The van der Waals surface area contributed by atoms with E-state index in [1.54, 1.807) is 6.92 Å². The summed E-state index contributed by atoms with van der Waals surface area (Å²) in [6, 6.07) is 13.7. The van der Waals surface area contributed by atoms with E-state index in [4.69, 9.17) is 9.52 Å². The Morgan fingerprint density at radius 2 is 1.89 bits per heavy atom. The number of furan rings is 1. The molecule has 4 heteroatoms. The van der Waals surface area contributed by atoms with Gasteiger partial charge in [0, 0.05) is 10.8 Å². The second-order valence-electron chi connectivity index (χ2n) is 4.33. The van der Waals surface area contributed by atoms with Gasteiger partial charge in [-0.3, -0.25) is 4.79 Å². The van der Waals surface area contributed by atoms with Crippen LogP contribution in [0.15, 0.2) is 51.8 Å². The molecular weight excluding hydrogens is 260 g/mol. The molecule has 0 bridgehead atoms. The molecule has 3 aromatic rings. The second kappa shape index (κ2) is 4.63. The number of hydrogen-bond acceptors (Lipinski definition) is 3. The van der Waals surface area contributed by atoms with E-state index in [-0.39, 0.29) is 0 Å². The molecule has 0 saturated heterocycles. The first-order valence-electron chi connectivity index (χ1n) is 5.96. The molecule has 3 rings (SSSR count). The van der Waals surface area contributed by atoms with Gasteiger partial charge in [-0.15, -0.1) is 11.8 Å². The third kappa shape index (κ3) is 2.08. The average Bonchev–Trinajstić information content (AvgIpc) is 2.78. The molecule has 0 aliphatic heterocycles. The van der Waals surface area contributed by atoms with Crippen molar-refractivity contribution < 1.29 is 14.3 Å². The van der Waals surface area contributed by atoms with Gasteiger partial charge >= 0.3 is 5.97 Å². The SMILES string of the molecule is CC(Sc1cccc2c1oc1ccccc12)C(=O)O. The van der Waals surface area contributed by atoms with E-state index in [0.29, 0.717) is 0 Å². The Hall–Kier alpha value is -1.94. The molecule has 0 fully saturated rings. The lowest BCUT2D eigenvalue weighted by Crippen LogP contribution is -2.10. The number of para-hydroxylation sites is 2. The molecule has 2 aromatic carbocycles. The monoisotopic (exact) mass is 272 g/mol. The first-order valence-corrected chi connectivity index (χ1v) is 6.84. The molecule has 0 amide bonds. The number of hydrogen-bond donors (Lipinski definition) is 1. The molecule has 1 N–H and O–H groups in total. The second-order valence-corrected chi connectivity index (χ2v) is 5.71. The lowest BCUT2D eigenvalue weighted by molar-refractivity contribution is -0.136. The van der Waals surface area contributed by atoms with Crippen LogP contribution in [0.2, 0.25) is 0 Å². The fourth-order valence-electron chi connectivity index (χ4n) is 2.05. The van der Waals surface area contributed by atoms with Crippen molar-refractivity contribution in [3.05, 3.63) is 42.5 Å². The van der Waals surface area contributed by atoms with E-state index in [1.807, 2.05) is 42.5 Å². The zero-order chi connectivity index (χ0) is 13.4. The molecule has 0 radical (unpaired) electrons. The quantitative estimate of drug-likeness (QED) is 0.728. The Balaban J connectivity index is 2.18. The van der Waals surface area contributed by atoms with E-state index in [1.165, 1.54) is 11.8 Å². The lowest BCUT2D eigenvalue weighted by atomic mass is 10.1. The Morgan fingerprint density at radius 3 is 2.68 bits per heavy atom. The van der Waals surface area contributed by atoms with Crippen LogP contribution in [-0.4, -0.2) is 16.3 Å². The Kier molecular flexibility index (Phi) is 2.95. The van der Waals surface area contributed by atoms with E-state index in [0.717, 1.165) is 26.8 Å². The van der Waals surface area contributed by atoms with Crippen molar-refractivity contribution in [3.63, 3.8) is 0 Å². The van der Waals surface area contributed by atoms with Gasteiger partial charge in [0.1, 0.15) is 16.4 Å². The third-order valence-corrected chi connectivity index (χ3v) is 4.15. The number of fused-ring (bicyclic) bond motifs is 3. The minimum atomic E-state index is -0.821. The van der Waals surface area contributed by atoms with Crippen LogP contribution in [-0.2, 0) is 4.79 Å². The molecule has 19 heavy (non-hydrogen) atoms. The standard InChI is InChI=1S/C15H12O3S/c1-9(15(16)17)19-13-8-4-6-11-10-5-2-3-7-12(10)18-14(11)13/h2-9H,1H3,(H,16,17). The van der Waals surface area contributed by atoms with Crippen LogP contribution in [0.1, 0.15) is 6.92 Å². The van der Waals surface area contributed by atoms with Crippen molar-refractivity contribution in [2.45, 2.75) is 17.1 Å². The number of benzene rings is 2. The summed E-state index contributed by atoms with van der Waals surface area (Å²) >= 11 is 1.30. The molecule has 1 unspecified atom stereocenters. The molecule has 1 heterocycles. The summed E-state index contributed by atoms with van der Waals surface area (Å²) in [6.07, 6.45) is 0. The molecular formula is C15H12O3S. The lowest BCUT2D eigenvalue weighted by Gasteiger charge is -2.05. The smallest absolute Gasteiger partial charge is 0.316 e. The third-order valence-electron chi connectivity index (χ3n) is 3.02. The Labute approximate surface area is 114 Å². The largest absolute Gasteiger partial charge is 0.480 e. The van der Waals surface area contributed by atoms with Gasteiger partial charge in [-0.1, -0.05) is 30.3 Å². The zero-order valence-electron chi connectivity index (χ0n) is 10.3. The maximum Gasteiger partial charge on any atom is 0.316 e.